The van der Waals surface area contributed by atoms with Gasteiger partial charge in [-0.25, -0.2) is 4.68 Å². The summed E-state index contributed by atoms with van der Waals surface area (Å²) in [7, 11) is 0. The number of aromatic nitrogens is 2. The summed E-state index contributed by atoms with van der Waals surface area (Å²) in [6, 6.07) is 0.168. The smallest absolute Gasteiger partial charge is 0.283 e. The maximum absolute atomic E-state index is 12.2. The van der Waals surface area contributed by atoms with E-state index in [2.05, 4.69) is 40.2 Å². The van der Waals surface area contributed by atoms with Crippen molar-refractivity contribution in [1.82, 2.24) is 9.78 Å². The molecule has 2 rings (SSSR count). The molecule has 0 aromatic carbocycles. The van der Waals surface area contributed by atoms with E-state index in [0.29, 0.717) is 11.0 Å². The summed E-state index contributed by atoms with van der Waals surface area (Å²) in [4.78, 5) is 12.2. The summed E-state index contributed by atoms with van der Waals surface area (Å²) in [5, 5.41) is 7.56. The summed E-state index contributed by atoms with van der Waals surface area (Å²) < 4.78 is 7.71. The third-order valence-electron chi connectivity index (χ3n) is 3.61. The van der Waals surface area contributed by atoms with Gasteiger partial charge < -0.3 is 10.1 Å². The summed E-state index contributed by atoms with van der Waals surface area (Å²) in [5.41, 5.74) is 0.661. The highest BCUT2D eigenvalue weighted by Crippen LogP contribution is 2.22. The van der Waals surface area contributed by atoms with Crippen LogP contribution in [0.15, 0.2) is 15.5 Å². The molecule has 1 aromatic rings. The van der Waals surface area contributed by atoms with Crippen molar-refractivity contribution in [2.45, 2.75) is 58.2 Å². The summed E-state index contributed by atoms with van der Waals surface area (Å²) in [5.74, 6) is 0. The van der Waals surface area contributed by atoms with Crippen LogP contribution in [0.4, 0.5) is 5.69 Å². The van der Waals surface area contributed by atoms with Crippen molar-refractivity contribution in [3.8, 4) is 0 Å². The minimum Gasteiger partial charge on any atom is -0.378 e. The quantitative estimate of drug-likeness (QED) is 0.862. The van der Waals surface area contributed by atoms with Crippen molar-refractivity contribution in [2.24, 2.45) is 0 Å². The van der Waals surface area contributed by atoms with Gasteiger partial charge in [-0.15, -0.1) is 0 Å². The second kappa shape index (κ2) is 7.22. The van der Waals surface area contributed by atoms with Gasteiger partial charge >= 0.3 is 0 Å². The highest BCUT2D eigenvalue weighted by atomic mass is 79.9. The first-order chi connectivity index (χ1) is 9.63. The SMILES string of the molecule is CCCCn1ncc(NC(C)C2CCCO2)c(Br)c1=O. The van der Waals surface area contributed by atoms with Crippen molar-refractivity contribution >= 4 is 21.6 Å². The summed E-state index contributed by atoms with van der Waals surface area (Å²) >= 11 is 3.38. The van der Waals surface area contributed by atoms with Crippen LogP contribution >= 0.6 is 15.9 Å². The molecule has 0 aliphatic carbocycles. The van der Waals surface area contributed by atoms with Crippen molar-refractivity contribution in [2.75, 3.05) is 11.9 Å². The molecule has 1 saturated heterocycles. The molecule has 0 bridgehead atoms. The summed E-state index contributed by atoms with van der Waals surface area (Å²) in [6.07, 6.45) is 6.10. The van der Waals surface area contributed by atoms with Crippen molar-refractivity contribution in [3.63, 3.8) is 0 Å². The zero-order valence-corrected chi connectivity index (χ0v) is 13.6. The normalized spacial score (nSPS) is 20.1. The fraction of sp³-hybridized carbons (Fsp3) is 0.714. The van der Waals surface area contributed by atoms with Gasteiger partial charge in [0.15, 0.2) is 0 Å². The van der Waals surface area contributed by atoms with Crippen molar-refractivity contribution < 1.29 is 4.74 Å². The lowest BCUT2D eigenvalue weighted by molar-refractivity contribution is 0.0996. The molecule has 1 aliphatic rings. The topological polar surface area (TPSA) is 56.1 Å². The van der Waals surface area contributed by atoms with Crippen LogP contribution in [-0.2, 0) is 11.3 Å². The molecule has 0 spiro atoms. The number of rotatable bonds is 6. The Balaban J connectivity index is 2.08. The predicted molar refractivity (Wildman–Crippen MR) is 83.2 cm³/mol. The molecule has 0 amide bonds. The molecule has 6 heteroatoms. The van der Waals surface area contributed by atoms with Crippen LogP contribution in [0.5, 0.6) is 0 Å². The van der Waals surface area contributed by atoms with Gasteiger partial charge in [0.25, 0.3) is 5.56 Å². The molecule has 2 atom stereocenters. The largest absolute Gasteiger partial charge is 0.378 e. The van der Waals surface area contributed by atoms with E-state index in [9.17, 15) is 4.79 Å². The number of nitrogens with zero attached hydrogens (tertiary/aromatic N) is 2. The zero-order valence-electron chi connectivity index (χ0n) is 12.1. The standard InChI is InChI=1S/C14H22BrN3O2/c1-3-4-7-18-14(19)13(15)11(9-16-18)17-10(2)12-6-5-8-20-12/h9-10,12,17H,3-8H2,1-2H3. The third-order valence-corrected chi connectivity index (χ3v) is 4.38. The first kappa shape index (κ1) is 15.5. The van der Waals surface area contributed by atoms with E-state index in [0.717, 1.165) is 38.0 Å². The lowest BCUT2D eigenvalue weighted by Gasteiger charge is -2.21. The van der Waals surface area contributed by atoms with Gasteiger partial charge in [0.05, 0.1) is 18.0 Å². The molecule has 1 fully saturated rings. The molecule has 20 heavy (non-hydrogen) atoms. The van der Waals surface area contributed by atoms with E-state index in [1.54, 1.807) is 6.20 Å². The lowest BCUT2D eigenvalue weighted by atomic mass is 10.1. The predicted octanol–water partition coefficient (Wildman–Crippen LogP) is 2.79. The number of hydrogen-bond donors (Lipinski definition) is 1. The highest BCUT2D eigenvalue weighted by Gasteiger charge is 2.23. The molecular formula is C14H22BrN3O2. The monoisotopic (exact) mass is 343 g/mol. The molecular weight excluding hydrogens is 322 g/mol. The Kier molecular flexibility index (Phi) is 5.60. The van der Waals surface area contributed by atoms with Crippen LogP contribution in [0.25, 0.3) is 0 Å². The van der Waals surface area contributed by atoms with Crippen LogP contribution in [0.3, 0.4) is 0 Å². The van der Waals surface area contributed by atoms with Gasteiger partial charge in [0, 0.05) is 19.2 Å². The average Bonchev–Trinajstić information content (AvgIpc) is 2.97. The Morgan fingerprint density at radius 1 is 1.65 bits per heavy atom. The van der Waals surface area contributed by atoms with E-state index in [1.807, 2.05) is 0 Å². The number of aryl methyl sites for hydroxylation is 1. The fourth-order valence-corrected chi connectivity index (χ4v) is 2.79. The van der Waals surface area contributed by atoms with E-state index in [1.165, 1.54) is 4.68 Å². The van der Waals surface area contributed by atoms with Crippen LogP contribution in [0.1, 0.15) is 39.5 Å². The van der Waals surface area contributed by atoms with Crippen LogP contribution < -0.4 is 10.9 Å². The minimum absolute atomic E-state index is 0.0806. The van der Waals surface area contributed by atoms with Crippen molar-refractivity contribution in [1.29, 1.82) is 0 Å². The highest BCUT2D eigenvalue weighted by molar-refractivity contribution is 9.10. The number of halogens is 1. The second-order valence-corrected chi connectivity index (χ2v) is 6.03. The third kappa shape index (κ3) is 3.61. The zero-order chi connectivity index (χ0) is 14.5. The maximum Gasteiger partial charge on any atom is 0.283 e. The Morgan fingerprint density at radius 3 is 3.10 bits per heavy atom. The molecule has 2 unspecified atom stereocenters. The van der Waals surface area contributed by atoms with Gasteiger partial charge in [-0.1, -0.05) is 13.3 Å². The van der Waals surface area contributed by atoms with Crippen molar-refractivity contribution in [3.05, 3.63) is 21.0 Å². The fourth-order valence-electron chi connectivity index (χ4n) is 2.37. The van der Waals surface area contributed by atoms with Gasteiger partial charge in [-0.2, -0.15) is 5.10 Å². The Labute approximate surface area is 127 Å². The second-order valence-electron chi connectivity index (χ2n) is 5.24. The Morgan fingerprint density at radius 2 is 2.45 bits per heavy atom. The Bertz CT molecular complexity index is 498. The molecule has 112 valence electrons. The average molecular weight is 344 g/mol. The van der Waals surface area contributed by atoms with Gasteiger partial charge in [-0.3, -0.25) is 4.79 Å². The molecule has 1 aliphatic heterocycles. The molecule has 1 N–H and O–H groups in total. The van der Waals surface area contributed by atoms with Gasteiger partial charge in [0.1, 0.15) is 4.47 Å². The van der Waals surface area contributed by atoms with Gasteiger partial charge in [-0.05, 0) is 42.1 Å². The maximum atomic E-state index is 12.2. The number of ether oxygens (including phenoxy) is 1. The number of nitrogens with one attached hydrogen (secondary N) is 1. The molecule has 0 saturated carbocycles. The van der Waals surface area contributed by atoms with E-state index in [-0.39, 0.29) is 17.7 Å². The van der Waals surface area contributed by atoms with E-state index in [4.69, 9.17) is 4.74 Å². The first-order valence-electron chi connectivity index (χ1n) is 7.27. The van der Waals surface area contributed by atoms with Crippen LogP contribution in [0, 0.1) is 0 Å². The molecule has 5 nitrogen and oxygen atoms in total. The van der Waals surface area contributed by atoms with E-state index >= 15 is 0 Å². The molecule has 1 aromatic heterocycles. The van der Waals surface area contributed by atoms with Crippen LogP contribution in [0.2, 0.25) is 0 Å². The van der Waals surface area contributed by atoms with Gasteiger partial charge in [0.2, 0.25) is 0 Å². The molecule has 0 radical (unpaired) electrons. The Hall–Kier alpha value is -0.880. The summed E-state index contributed by atoms with van der Waals surface area (Å²) in [6.45, 7) is 5.66. The number of unbranched alkanes of at least 4 members (excludes halogenated alkanes) is 1. The number of hydrogen-bond acceptors (Lipinski definition) is 4. The number of anilines is 1. The lowest BCUT2D eigenvalue weighted by Crippen LogP contribution is -2.32. The first-order valence-corrected chi connectivity index (χ1v) is 8.06. The molecule has 2 heterocycles. The minimum atomic E-state index is -0.0806. The van der Waals surface area contributed by atoms with Crippen LogP contribution in [-0.4, -0.2) is 28.5 Å². The van der Waals surface area contributed by atoms with E-state index < -0.39 is 0 Å².